The van der Waals surface area contributed by atoms with Crippen molar-refractivity contribution in [2.75, 3.05) is 26.2 Å². The smallest absolute Gasteiger partial charge is 0.253 e. The number of hydrogen-bond acceptors (Lipinski definition) is 4. The highest BCUT2D eigenvalue weighted by atomic mass is 16.2. The van der Waals surface area contributed by atoms with Crippen molar-refractivity contribution in [3.05, 3.63) is 107 Å². The molecule has 2 aliphatic heterocycles. The van der Waals surface area contributed by atoms with Gasteiger partial charge in [-0.3, -0.25) is 19.2 Å². The number of benzene rings is 3. The van der Waals surface area contributed by atoms with E-state index in [2.05, 4.69) is 62.6 Å². The second-order valence-corrected chi connectivity index (χ2v) is 15.8. The van der Waals surface area contributed by atoms with Gasteiger partial charge in [-0.1, -0.05) is 88.4 Å². The lowest BCUT2D eigenvalue weighted by atomic mass is 9.85. The summed E-state index contributed by atoms with van der Waals surface area (Å²) in [6.45, 7) is 10.3. The van der Waals surface area contributed by atoms with Gasteiger partial charge in [-0.05, 0) is 71.9 Å². The second-order valence-electron chi connectivity index (χ2n) is 15.8. The lowest BCUT2D eigenvalue weighted by Gasteiger charge is -2.21. The maximum absolute atomic E-state index is 13.7. The van der Waals surface area contributed by atoms with Crippen LogP contribution in [0, 0.1) is 35.5 Å². The Morgan fingerprint density at radius 1 is 0.540 bits per heavy atom. The van der Waals surface area contributed by atoms with Crippen LogP contribution in [0.5, 0.6) is 0 Å². The molecule has 262 valence electrons. The lowest BCUT2D eigenvalue weighted by molar-refractivity contribution is -0.127. The van der Waals surface area contributed by atoms with Crippen molar-refractivity contribution in [1.82, 2.24) is 20.4 Å². The Bertz CT molecular complexity index is 1580. The standard InChI is InChI=1S/C42H50N4O4/c1-25(2)33-21-45(23-35(33)39(47)43-37-19-31(37)27-11-7-5-8-12-27)41(49)29-15-17-30(18-16-29)42(50)46-22-34(26(3)4)36(24-46)40(48)44-38-20-32(38)28-13-9-6-10-14-28/h5-18,25-26,31-38H,19-24H2,1-4H3,(H,43,47)(H,44,48)/t31-,32-,33?,34?,35-,36?,37+,38+/m1/s1. The van der Waals surface area contributed by atoms with Gasteiger partial charge in [0.25, 0.3) is 11.8 Å². The van der Waals surface area contributed by atoms with Crippen LogP contribution in [0.2, 0.25) is 0 Å². The van der Waals surface area contributed by atoms with Crippen molar-refractivity contribution in [3.63, 3.8) is 0 Å². The van der Waals surface area contributed by atoms with Crippen LogP contribution in [0.1, 0.15) is 84.2 Å². The normalized spacial score (nSPS) is 28.5. The van der Waals surface area contributed by atoms with E-state index in [9.17, 15) is 19.2 Å². The first-order chi connectivity index (χ1) is 24.1. The second kappa shape index (κ2) is 14.0. The number of rotatable bonds is 10. The molecule has 2 heterocycles. The van der Waals surface area contributed by atoms with Gasteiger partial charge in [-0.25, -0.2) is 0 Å². The van der Waals surface area contributed by atoms with E-state index in [1.165, 1.54) is 11.1 Å². The van der Waals surface area contributed by atoms with Gasteiger partial charge in [0.1, 0.15) is 0 Å². The Balaban J connectivity index is 0.949. The van der Waals surface area contributed by atoms with Gasteiger partial charge < -0.3 is 20.4 Å². The van der Waals surface area contributed by atoms with Crippen molar-refractivity contribution >= 4 is 23.6 Å². The molecule has 0 aromatic heterocycles. The van der Waals surface area contributed by atoms with Gasteiger partial charge >= 0.3 is 0 Å². The Kier molecular flexibility index (Phi) is 9.55. The van der Waals surface area contributed by atoms with Crippen LogP contribution in [0.25, 0.3) is 0 Å². The monoisotopic (exact) mass is 674 g/mol. The first-order valence-corrected chi connectivity index (χ1v) is 18.5. The molecule has 8 heteroatoms. The SMILES string of the molecule is CC(C)C1CN(C(=O)c2ccc(C(=O)N3CC(C(C)C)[C@H](C(=O)N[C@H]4C[C@@H]4c4ccccc4)C3)cc2)CC1C(=O)N[C@H]1C[C@@H]1c1ccccc1. The number of likely N-dealkylation sites (tertiary alicyclic amines) is 2. The van der Waals surface area contributed by atoms with Gasteiger partial charge in [0.05, 0.1) is 11.8 Å². The van der Waals surface area contributed by atoms with E-state index < -0.39 is 0 Å². The summed E-state index contributed by atoms with van der Waals surface area (Å²) in [6, 6.07) is 27.8. The van der Waals surface area contributed by atoms with Crippen molar-refractivity contribution in [1.29, 1.82) is 0 Å². The van der Waals surface area contributed by atoms with E-state index in [-0.39, 0.29) is 71.2 Å². The predicted molar refractivity (Wildman–Crippen MR) is 193 cm³/mol. The fraction of sp³-hybridized carbons (Fsp3) is 0.476. The number of hydrogen-bond donors (Lipinski definition) is 2. The first-order valence-electron chi connectivity index (χ1n) is 18.5. The molecule has 7 rings (SSSR count). The molecule has 4 amide bonds. The van der Waals surface area contributed by atoms with E-state index in [4.69, 9.17) is 0 Å². The van der Waals surface area contributed by atoms with Crippen LogP contribution in [0.15, 0.2) is 84.9 Å². The van der Waals surface area contributed by atoms with E-state index in [1.807, 2.05) is 36.4 Å². The van der Waals surface area contributed by atoms with Gasteiger partial charge in [0.2, 0.25) is 11.8 Å². The first kappa shape index (κ1) is 34.0. The van der Waals surface area contributed by atoms with Crippen molar-refractivity contribution in [2.45, 2.75) is 64.5 Å². The average Bonchev–Trinajstić information content (AvgIpc) is 3.96. The fourth-order valence-electron chi connectivity index (χ4n) is 8.44. The molecular weight excluding hydrogens is 624 g/mol. The molecule has 3 unspecified atom stereocenters. The highest BCUT2D eigenvalue weighted by molar-refractivity contribution is 5.98. The third-order valence-corrected chi connectivity index (χ3v) is 11.8. The van der Waals surface area contributed by atoms with Crippen LogP contribution in [-0.4, -0.2) is 71.7 Å². The summed E-state index contributed by atoms with van der Waals surface area (Å²) in [5.41, 5.74) is 3.52. The van der Waals surface area contributed by atoms with Crippen molar-refractivity contribution < 1.29 is 19.2 Å². The van der Waals surface area contributed by atoms with Crippen LogP contribution >= 0.6 is 0 Å². The predicted octanol–water partition coefficient (Wildman–Crippen LogP) is 5.72. The van der Waals surface area contributed by atoms with E-state index in [0.717, 1.165) is 12.8 Å². The highest BCUT2D eigenvalue weighted by Crippen LogP contribution is 2.43. The molecule has 2 aliphatic carbocycles. The summed E-state index contributed by atoms with van der Waals surface area (Å²) >= 11 is 0. The molecule has 3 aromatic rings. The number of nitrogens with zero attached hydrogens (tertiary/aromatic N) is 2. The van der Waals surface area contributed by atoms with Crippen molar-refractivity contribution in [2.24, 2.45) is 35.5 Å². The summed E-state index contributed by atoms with van der Waals surface area (Å²) < 4.78 is 0. The van der Waals surface area contributed by atoms with Crippen LogP contribution in [0.3, 0.4) is 0 Å². The van der Waals surface area contributed by atoms with Gasteiger partial charge in [0, 0.05) is 61.2 Å². The van der Waals surface area contributed by atoms with E-state index in [0.29, 0.717) is 49.1 Å². The molecule has 3 aromatic carbocycles. The molecule has 2 saturated carbocycles. The number of amides is 4. The van der Waals surface area contributed by atoms with Crippen molar-refractivity contribution in [3.8, 4) is 0 Å². The topological polar surface area (TPSA) is 98.8 Å². The number of nitrogens with one attached hydrogen (secondary N) is 2. The lowest BCUT2D eigenvalue weighted by Crippen LogP contribution is -2.38. The molecule has 50 heavy (non-hydrogen) atoms. The maximum atomic E-state index is 13.7. The van der Waals surface area contributed by atoms with E-state index in [1.54, 1.807) is 34.1 Å². The van der Waals surface area contributed by atoms with Crippen LogP contribution in [-0.2, 0) is 9.59 Å². The molecule has 0 radical (unpaired) electrons. The summed E-state index contributed by atoms with van der Waals surface area (Å²) in [5.74, 6) is 0.690. The molecular formula is C42H50N4O4. The molecule has 8 nitrogen and oxygen atoms in total. The number of carbonyl (C=O) groups is 4. The molecule has 8 atom stereocenters. The van der Waals surface area contributed by atoms with Crippen LogP contribution < -0.4 is 10.6 Å². The molecule has 4 fully saturated rings. The molecule has 2 N–H and O–H groups in total. The van der Waals surface area contributed by atoms with Crippen LogP contribution in [0.4, 0.5) is 0 Å². The minimum absolute atomic E-state index is 0.0359. The highest BCUT2D eigenvalue weighted by Gasteiger charge is 2.47. The fourth-order valence-corrected chi connectivity index (χ4v) is 8.44. The summed E-state index contributed by atoms with van der Waals surface area (Å²) in [6.07, 6.45) is 1.89. The Morgan fingerprint density at radius 2 is 0.900 bits per heavy atom. The maximum Gasteiger partial charge on any atom is 0.253 e. The Labute approximate surface area is 296 Å². The summed E-state index contributed by atoms with van der Waals surface area (Å²) in [7, 11) is 0. The summed E-state index contributed by atoms with van der Waals surface area (Å²) in [5, 5.41) is 6.54. The number of carbonyl (C=O) groups excluding carboxylic acids is 4. The quantitative estimate of drug-likeness (QED) is 0.288. The van der Waals surface area contributed by atoms with Gasteiger partial charge in [-0.15, -0.1) is 0 Å². The zero-order valence-corrected chi connectivity index (χ0v) is 29.6. The zero-order chi connectivity index (χ0) is 35.1. The minimum atomic E-state index is -0.254. The van der Waals surface area contributed by atoms with Gasteiger partial charge in [-0.2, -0.15) is 0 Å². The third kappa shape index (κ3) is 7.07. The average molecular weight is 675 g/mol. The zero-order valence-electron chi connectivity index (χ0n) is 29.6. The third-order valence-electron chi connectivity index (χ3n) is 11.8. The Hall–Kier alpha value is -4.46. The molecule has 0 bridgehead atoms. The molecule has 0 spiro atoms. The molecule has 2 saturated heterocycles. The Morgan fingerprint density at radius 3 is 1.24 bits per heavy atom. The summed E-state index contributed by atoms with van der Waals surface area (Å²) in [4.78, 5) is 57.9. The van der Waals surface area contributed by atoms with E-state index >= 15 is 0 Å². The molecule has 4 aliphatic rings. The minimum Gasteiger partial charge on any atom is -0.352 e. The van der Waals surface area contributed by atoms with Gasteiger partial charge in [0.15, 0.2) is 0 Å². The largest absolute Gasteiger partial charge is 0.352 e.